The second-order valence-electron chi connectivity index (χ2n) is 7.65. The Kier molecular flexibility index (Phi) is 5.69. The van der Waals surface area contributed by atoms with E-state index in [1.807, 2.05) is 0 Å². The molecule has 22 heavy (non-hydrogen) atoms. The molecule has 128 valence electrons. The van der Waals surface area contributed by atoms with E-state index < -0.39 is 0 Å². The van der Waals surface area contributed by atoms with Gasteiger partial charge in [0.05, 0.1) is 0 Å². The number of carbonyl (C=O) groups is 1. The lowest BCUT2D eigenvalue weighted by Crippen LogP contribution is -2.42. The average molecular weight is 350 g/mol. The first kappa shape index (κ1) is 18.3. The van der Waals surface area contributed by atoms with Crippen LogP contribution in [0.4, 0.5) is 0 Å². The van der Waals surface area contributed by atoms with Crippen molar-refractivity contribution in [1.29, 1.82) is 0 Å². The van der Waals surface area contributed by atoms with E-state index in [0.717, 1.165) is 32.1 Å². The van der Waals surface area contributed by atoms with Crippen LogP contribution in [0.15, 0.2) is 0 Å². The van der Waals surface area contributed by atoms with Crippen molar-refractivity contribution in [3.63, 3.8) is 0 Å². The number of hydrogen-bond acceptors (Lipinski definition) is 3. The maximum atomic E-state index is 12.5. The summed E-state index contributed by atoms with van der Waals surface area (Å²) < 4.78 is 0. The lowest BCUT2D eigenvalue weighted by molar-refractivity contribution is -0.124. The molecule has 0 aromatic carbocycles. The molecule has 3 unspecified atom stereocenters. The Balaban J connectivity index is 0.000000882. The van der Waals surface area contributed by atoms with Crippen LogP contribution in [0.5, 0.6) is 0 Å². The van der Waals surface area contributed by atoms with E-state index in [0.29, 0.717) is 29.2 Å². The van der Waals surface area contributed by atoms with Crippen LogP contribution >= 0.6 is 24.8 Å². The van der Waals surface area contributed by atoms with Gasteiger partial charge in [0.1, 0.15) is 0 Å². The molecule has 0 radical (unpaired) electrons. The third-order valence-corrected chi connectivity index (χ3v) is 6.14. The van der Waals surface area contributed by atoms with Crippen LogP contribution in [0.3, 0.4) is 0 Å². The number of amides is 1. The SMILES string of the molecule is CC1CN(C2CC2)CC1NC(=O)C1CC12CCNCC2.Cl.Cl. The fraction of sp³-hybridized carbons (Fsp3) is 0.938. The molecule has 4 fully saturated rings. The number of likely N-dealkylation sites (tertiary alicyclic amines) is 1. The zero-order valence-corrected chi connectivity index (χ0v) is 15.0. The summed E-state index contributed by atoms with van der Waals surface area (Å²) in [4.78, 5) is 15.1. The van der Waals surface area contributed by atoms with Crippen molar-refractivity contribution in [1.82, 2.24) is 15.5 Å². The van der Waals surface area contributed by atoms with Gasteiger partial charge in [-0.1, -0.05) is 6.92 Å². The second kappa shape index (κ2) is 6.84. The van der Waals surface area contributed by atoms with E-state index in [9.17, 15) is 4.79 Å². The van der Waals surface area contributed by atoms with Gasteiger partial charge in [-0.15, -0.1) is 24.8 Å². The van der Waals surface area contributed by atoms with Gasteiger partial charge in [-0.05, 0) is 56.5 Å². The number of nitrogens with one attached hydrogen (secondary N) is 2. The largest absolute Gasteiger partial charge is 0.352 e. The molecule has 4 nitrogen and oxygen atoms in total. The molecule has 0 aromatic rings. The summed E-state index contributed by atoms with van der Waals surface area (Å²) in [6.07, 6.45) is 6.26. The summed E-state index contributed by atoms with van der Waals surface area (Å²) in [5.41, 5.74) is 0.368. The molecule has 2 N–H and O–H groups in total. The van der Waals surface area contributed by atoms with E-state index >= 15 is 0 Å². The van der Waals surface area contributed by atoms with Crippen LogP contribution in [0.1, 0.15) is 39.0 Å². The first-order chi connectivity index (χ1) is 9.68. The van der Waals surface area contributed by atoms with Crippen LogP contribution in [0.25, 0.3) is 0 Å². The highest BCUT2D eigenvalue weighted by Crippen LogP contribution is 2.58. The van der Waals surface area contributed by atoms with Crippen LogP contribution < -0.4 is 10.6 Å². The maximum Gasteiger partial charge on any atom is 0.223 e. The molecular weight excluding hydrogens is 321 g/mol. The molecule has 1 spiro atoms. The van der Waals surface area contributed by atoms with Gasteiger partial charge in [-0.2, -0.15) is 0 Å². The van der Waals surface area contributed by atoms with Gasteiger partial charge < -0.3 is 10.6 Å². The molecule has 6 heteroatoms. The topological polar surface area (TPSA) is 44.4 Å². The van der Waals surface area contributed by atoms with Crippen molar-refractivity contribution in [2.24, 2.45) is 17.3 Å². The van der Waals surface area contributed by atoms with Crippen molar-refractivity contribution >= 4 is 30.7 Å². The summed E-state index contributed by atoms with van der Waals surface area (Å²) in [5, 5.41) is 6.78. The van der Waals surface area contributed by atoms with E-state index in [1.165, 1.54) is 32.2 Å². The third kappa shape index (κ3) is 3.40. The van der Waals surface area contributed by atoms with Crippen LogP contribution in [-0.4, -0.2) is 49.1 Å². The Morgan fingerprint density at radius 2 is 1.86 bits per heavy atom. The molecule has 3 atom stereocenters. The fourth-order valence-corrected chi connectivity index (χ4v) is 4.41. The summed E-state index contributed by atoms with van der Waals surface area (Å²) in [6, 6.07) is 1.22. The molecule has 4 rings (SSSR count). The van der Waals surface area contributed by atoms with Crippen molar-refractivity contribution in [2.75, 3.05) is 26.2 Å². The number of hydrogen-bond donors (Lipinski definition) is 2. The number of carbonyl (C=O) groups excluding carboxylic acids is 1. The van der Waals surface area contributed by atoms with Gasteiger partial charge in [0.25, 0.3) is 0 Å². The highest BCUT2D eigenvalue weighted by atomic mass is 35.5. The molecule has 4 aliphatic rings. The molecule has 2 heterocycles. The molecule has 2 saturated carbocycles. The normalized spacial score (nSPS) is 36.3. The second-order valence-corrected chi connectivity index (χ2v) is 7.65. The minimum Gasteiger partial charge on any atom is -0.352 e. The quantitative estimate of drug-likeness (QED) is 0.816. The summed E-state index contributed by atoms with van der Waals surface area (Å²) >= 11 is 0. The zero-order chi connectivity index (χ0) is 13.7. The van der Waals surface area contributed by atoms with Crippen molar-refractivity contribution in [2.45, 2.75) is 51.1 Å². The lowest BCUT2D eigenvalue weighted by Gasteiger charge is -2.24. The van der Waals surface area contributed by atoms with Gasteiger partial charge in [0.2, 0.25) is 5.91 Å². The monoisotopic (exact) mass is 349 g/mol. The van der Waals surface area contributed by atoms with Crippen molar-refractivity contribution in [3.05, 3.63) is 0 Å². The fourth-order valence-electron chi connectivity index (χ4n) is 4.41. The van der Waals surface area contributed by atoms with Crippen molar-refractivity contribution < 1.29 is 4.79 Å². The van der Waals surface area contributed by atoms with E-state index in [-0.39, 0.29) is 24.8 Å². The average Bonchev–Trinajstić information content (AvgIpc) is 3.34. The summed E-state index contributed by atoms with van der Waals surface area (Å²) in [5.74, 6) is 1.27. The molecule has 1 amide bonds. The molecule has 2 saturated heterocycles. The van der Waals surface area contributed by atoms with Crippen LogP contribution in [0.2, 0.25) is 0 Å². The predicted molar refractivity (Wildman–Crippen MR) is 92.8 cm³/mol. The Morgan fingerprint density at radius 1 is 1.18 bits per heavy atom. The van der Waals surface area contributed by atoms with Crippen molar-refractivity contribution in [3.8, 4) is 0 Å². The Morgan fingerprint density at radius 3 is 2.50 bits per heavy atom. The first-order valence-electron chi connectivity index (χ1n) is 8.43. The minimum atomic E-state index is 0. The molecule has 0 bridgehead atoms. The summed E-state index contributed by atoms with van der Waals surface area (Å²) in [6.45, 7) is 6.74. The Hall–Kier alpha value is -0.0300. The highest BCUT2D eigenvalue weighted by molar-refractivity contribution is 5.85. The van der Waals surface area contributed by atoms with Crippen LogP contribution in [-0.2, 0) is 4.79 Å². The maximum absolute atomic E-state index is 12.5. The zero-order valence-electron chi connectivity index (χ0n) is 13.3. The van der Waals surface area contributed by atoms with Gasteiger partial charge >= 0.3 is 0 Å². The standard InChI is InChI=1S/C16H27N3O.2ClH/c1-11-9-19(12-2-3-12)10-14(11)18-15(20)13-8-16(13)4-6-17-7-5-16;;/h11-14,17H,2-10H2,1H3,(H,18,20);2*1H. The van der Waals surface area contributed by atoms with Crippen LogP contribution in [0, 0.1) is 17.3 Å². The molecular formula is C16H29Cl2N3O. The Bertz CT molecular complexity index is 410. The summed E-state index contributed by atoms with van der Waals surface area (Å²) in [7, 11) is 0. The van der Waals surface area contributed by atoms with E-state index in [4.69, 9.17) is 0 Å². The minimum absolute atomic E-state index is 0. The lowest BCUT2D eigenvalue weighted by atomic mass is 9.91. The van der Waals surface area contributed by atoms with Gasteiger partial charge in [-0.25, -0.2) is 0 Å². The smallest absolute Gasteiger partial charge is 0.223 e. The molecule has 2 aliphatic carbocycles. The predicted octanol–water partition coefficient (Wildman–Crippen LogP) is 1.82. The van der Waals surface area contributed by atoms with E-state index in [2.05, 4.69) is 22.5 Å². The molecule has 0 aromatic heterocycles. The van der Waals surface area contributed by atoms with Gasteiger partial charge in [0.15, 0.2) is 0 Å². The van der Waals surface area contributed by atoms with E-state index in [1.54, 1.807) is 0 Å². The third-order valence-electron chi connectivity index (χ3n) is 6.14. The molecule has 2 aliphatic heterocycles. The number of nitrogens with zero attached hydrogens (tertiary/aromatic N) is 1. The van der Waals surface area contributed by atoms with Gasteiger partial charge in [0, 0.05) is 31.1 Å². The number of halogens is 2. The first-order valence-corrected chi connectivity index (χ1v) is 8.43. The number of piperidine rings is 1. The Labute approximate surface area is 146 Å². The highest BCUT2D eigenvalue weighted by Gasteiger charge is 2.58. The number of rotatable bonds is 3. The van der Waals surface area contributed by atoms with Gasteiger partial charge in [-0.3, -0.25) is 9.69 Å².